The average molecular weight is 226 g/mol. The molecule has 0 N–H and O–H groups in total. The molecule has 72 valence electrons. The molecule has 15 heavy (non-hydrogen) atoms. The normalized spacial score (nSPS) is 8.80. The van der Waals surface area contributed by atoms with Gasteiger partial charge in [0.25, 0.3) is 0 Å². The molecule has 0 heterocycles. The summed E-state index contributed by atoms with van der Waals surface area (Å²) in [5.74, 6) is 1.38. The van der Waals surface area contributed by atoms with Crippen molar-refractivity contribution >= 4 is 0 Å². The monoisotopic (exact) mass is 226 g/mol. The van der Waals surface area contributed by atoms with Crippen LogP contribution in [0.5, 0.6) is 11.5 Å². The molecular weight excluding hydrogens is 215 g/mol. The first-order valence-corrected chi connectivity index (χ1v) is 4.40. The topological polar surface area (TPSA) is 18.5 Å². The zero-order valence-corrected chi connectivity index (χ0v) is 11.7. The summed E-state index contributed by atoms with van der Waals surface area (Å²) in [6.07, 6.45) is 0. The van der Waals surface area contributed by atoms with Gasteiger partial charge < -0.3 is 1.43 Å². The number of benzene rings is 2. The largest absolute Gasteiger partial charge is 1.00 e. The molecule has 0 saturated carbocycles. The molecule has 3 heteroatoms. The predicted octanol–water partition coefficient (Wildman–Crippen LogP) is 0.176. The number of para-hydroxylation sites is 2. The van der Waals surface area contributed by atoms with E-state index in [0.29, 0.717) is 11.5 Å². The standard InChI is InChI=1S/C12H10O2.K.H/c1-3-7-11(8-4-1)13-14-12-9-5-2-6-10-12;;/h1-10H;;/q;+1;-1. The molecule has 0 spiro atoms. The Labute approximate surface area is 133 Å². The molecule has 0 radical (unpaired) electrons. The van der Waals surface area contributed by atoms with Crippen LogP contribution in [0, 0.1) is 0 Å². The van der Waals surface area contributed by atoms with Gasteiger partial charge in [-0.05, 0) is 24.3 Å². The van der Waals surface area contributed by atoms with Crippen LogP contribution in [0.3, 0.4) is 0 Å². The number of rotatable bonds is 3. The van der Waals surface area contributed by atoms with E-state index in [2.05, 4.69) is 0 Å². The Hall–Kier alpha value is -0.324. The van der Waals surface area contributed by atoms with Crippen molar-refractivity contribution in [3.05, 3.63) is 60.7 Å². The van der Waals surface area contributed by atoms with Gasteiger partial charge in [0, 0.05) is 0 Å². The summed E-state index contributed by atoms with van der Waals surface area (Å²) in [5, 5.41) is 0. The van der Waals surface area contributed by atoms with Gasteiger partial charge >= 0.3 is 51.4 Å². The molecule has 0 bridgehead atoms. The predicted molar refractivity (Wildman–Crippen MR) is 55.3 cm³/mol. The van der Waals surface area contributed by atoms with E-state index in [1.807, 2.05) is 60.7 Å². The van der Waals surface area contributed by atoms with Crippen molar-refractivity contribution in [2.45, 2.75) is 0 Å². The quantitative estimate of drug-likeness (QED) is 0.422. The van der Waals surface area contributed by atoms with E-state index in [0.717, 1.165) is 0 Å². The SMILES string of the molecule is [H-].[K+].c1ccc(OOc2ccccc2)cc1. The molecule has 0 fully saturated rings. The minimum absolute atomic E-state index is 0. The molecule has 0 atom stereocenters. The van der Waals surface area contributed by atoms with Gasteiger partial charge in [-0.1, -0.05) is 36.4 Å². The van der Waals surface area contributed by atoms with E-state index >= 15 is 0 Å². The molecule has 0 aliphatic heterocycles. The molecule has 2 rings (SSSR count). The fourth-order valence-electron chi connectivity index (χ4n) is 1.05. The van der Waals surface area contributed by atoms with Crippen LogP contribution < -0.4 is 61.2 Å². The second-order valence-electron chi connectivity index (χ2n) is 2.79. The summed E-state index contributed by atoms with van der Waals surface area (Å²) in [4.78, 5) is 10.2. The maximum atomic E-state index is 5.09. The summed E-state index contributed by atoms with van der Waals surface area (Å²) in [7, 11) is 0. The molecule has 0 saturated heterocycles. The maximum Gasteiger partial charge on any atom is 1.00 e. The van der Waals surface area contributed by atoms with Gasteiger partial charge in [-0.15, -0.1) is 0 Å². The molecule has 0 aromatic heterocycles. The molecule has 2 aromatic carbocycles. The first kappa shape index (κ1) is 12.7. The fourth-order valence-corrected chi connectivity index (χ4v) is 1.05. The van der Waals surface area contributed by atoms with Crippen molar-refractivity contribution in [1.82, 2.24) is 0 Å². The van der Waals surface area contributed by atoms with E-state index in [9.17, 15) is 0 Å². The molecular formula is C12H11KO2. The summed E-state index contributed by atoms with van der Waals surface area (Å²) in [6, 6.07) is 18.8. The van der Waals surface area contributed by atoms with E-state index in [4.69, 9.17) is 9.78 Å². The Bertz CT molecular complexity index is 341. The second-order valence-corrected chi connectivity index (χ2v) is 2.79. The van der Waals surface area contributed by atoms with Crippen molar-refractivity contribution in [1.29, 1.82) is 0 Å². The fraction of sp³-hybridized carbons (Fsp3) is 0. The Balaban J connectivity index is 0.00000112. The maximum absolute atomic E-state index is 5.09. The second kappa shape index (κ2) is 7.03. The van der Waals surface area contributed by atoms with Gasteiger partial charge in [-0.2, -0.15) is 0 Å². The Morgan fingerprint density at radius 2 is 0.933 bits per heavy atom. The van der Waals surface area contributed by atoms with Crippen LogP contribution in [-0.4, -0.2) is 0 Å². The molecule has 2 aromatic rings. The average Bonchev–Trinajstić information content (AvgIpc) is 2.29. The van der Waals surface area contributed by atoms with Crippen molar-refractivity contribution in [2.24, 2.45) is 0 Å². The van der Waals surface area contributed by atoms with Crippen LogP contribution in [0.25, 0.3) is 0 Å². The minimum atomic E-state index is 0. The molecule has 0 amide bonds. The van der Waals surface area contributed by atoms with Crippen LogP contribution in [-0.2, 0) is 0 Å². The Kier molecular flexibility index (Phi) is 5.98. The van der Waals surface area contributed by atoms with Gasteiger partial charge in [-0.25, -0.2) is 0 Å². The molecule has 0 aliphatic rings. The summed E-state index contributed by atoms with van der Waals surface area (Å²) < 4.78 is 0. The zero-order valence-electron chi connectivity index (χ0n) is 9.59. The van der Waals surface area contributed by atoms with Gasteiger partial charge in [0.2, 0.25) is 0 Å². The van der Waals surface area contributed by atoms with Crippen molar-refractivity contribution in [3.63, 3.8) is 0 Å². The summed E-state index contributed by atoms with van der Waals surface area (Å²) >= 11 is 0. The van der Waals surface area contributed by atoms with Crippen molar-refractivity contribution in [3.8, 4) is 11.5 Å². The van der Waals surface area contributed by atoms with Gasteiger partial charge in [0.15, 0.2) is 11.5 Å². The Morgan fingerprint density at radius 3 is 1.27 bits per heavy atom. The van der Waals surface area contributed by atoms with Crippen LogP contribution in [0.1, 0.15) is 1.43 Å². The first-order valence-electron chi connectivity index (χ1n) is 4.40. The van der Waals surface area contributed by atoms with Crippen molar-refractivity contribution < 1.29 is 62.6 Å². The van der Waals surface area contributed by atoms with Gasteiger partial charge in [0.05, 0.1) is 0 Å². The van der Waals surface area contributed by atoms with Crippen LogP contribution in [0.2, 0.25) is 0 Å². The molecule has 2 nitrogen and oxygen atoms in total. The zero-order chi connectivity index (χ0) is 9.64. The van der Waals surface area contributed by atoms with E-state index in [1.54, 1.807) is 0 Å². The summed E-state index contributed by atoms with van der Waals surface area (Å²) in [5.41, 5.74) is 0. The Morgan fingerprint density at radius 1 is 0.600 bits per heavy atom. The van der Waals surface area contributed by atoms with Gasteiger partial charge in [-0.3, -0.25) is 9.78 Å². The molecule has 0 unspecified atom stereocenters. The van der Waals surface area contributed by atoms with E-state index in [1.165, 1.54) is 0 Å². The van der Waals surface area contributed by atoms with E-state index in [-0.39, 0.29) is 52.8 Å². The van der Waals surface area contributed by atoms with Gasteiger partial charge in [0.1, 0.15) is 0 Å². The van der Waals surface area contributed by atoms with Crippen LogP contribution in [0.4, 0.5) is 0 Å². The third kappa shape index (κ3) is 4.36. The smallest absolute Gasteiger partial charge is 1.00 e. The molecule has 0 aliphatic carbocycles. The minimum Gasteiger partial charge on any atom is -1.00 e. The summed E-state index contributed by atoms with van der Waals surface area (Å²) in [6.45, 7) is 0. The number of hydrogen-bond donors (Lipinski definition) is 0. The number of hydrogen-bond acceptors (Lipinski definition) is 2. The van der Waals surface area contributed by atoms with Crippen molar-refractivity contribution in [2.75, 3.05) is 0 Å². The van der Waals surface area contributed by atoms with Crippen LogP contribution in [0.15, 0.2) is 60.7 Å². The van der Waals surface area contributed by atoms with E-state index < -0.39 is 0 Å². The third-order valence-electron chi connectivity index (χ3n) is 1.72. The van der Waals surface area contributed by atoms with Crippen LogP contribution >= 0.6 is 0 Å². The first-order chi connectivity index (χ1) is 6.95. The third-order valence-corrected chi connectivity index (χ3v) is 1.72.